The molecule has 1 atom stereocenters. The van der Waals surface area contributed by atoms with Gasteiger partial charge in [0.2, 0.25) is 11.8 Å². The van der Waals surface area contributed by atoms with E-state index in [9.17, 15) is 33.1 Å². The van der Waals surface area contributed by atoms with Crippen molar-refractivity contribution in [1.82, 2.24) is 39.5 Å². The van der Waals surface area contributed by atoms with Gasteiger partial charge in [-0.3, -0.25) is 29.4 Å². The summed E-state index contributed by atoms with van der Waals surface area (Å²) in [5.74, 6) is -0.0710. The van der Waals surface area contributed by atoms with Crippen LogP contribution in [0.15, 0.2) is 85.2 Å². The number of carbonyl (C=O) groups is 4. The quantitative estimate of drug-likeness (QED) is 0.0718. The smallest absolute Gasteiger partial charge is 0.870 e. The van der Waals surface area contributed by atoms with Gasteiger partial charge >= 0.3 is 41.5 Å². The van der Waals surface area contributed by atoms with Gasteiger partial charge in [0.25, 0.3) is 11.8 Å². The zero-order valence-corrected chi connectivity index (χ0v) is 53.7. The van der Waals surface area contributed by atoms with Crippen LogP contribution in [-0.4, -0.2) is 158 Å². The third kappa shape index (κ3) is 16.0. The second-order valence-corrected chi connectivity index (χ2v) is 23.8. The van der Waals surface area contributed by atoms with E-state index in [1.807, 2.05) is 23.6 Å². The Morgan fingerprint density at radius 2 is 1.04 bits per heavy atom. The number of halogens is 2. The molecule has 1 unspecified atom stereocenters. The van der Waals surface area contributed by atoms with E-state index in [2.05, 4.69) is 38.8 Å². The van der Waals surface area contributed by atoms with E-state index in [1.54, 1.807) is 30.3 Å². The van der Waals surface area contributed by atoms with E-state index in [-0.39, 0.29) is 76.1 Å². The molecule has 3 saturated heterocycles. The van der Waals surface area contributed by atoms with Crippen LogP contribution in [-0.2, 0) is 35.4 Å². The van der Waals surface area contributed by atoms with Crippen molar-refractivity contribution in [3.63, 3.8) is 0 Å². The minimum atomic E-state index is -1.08. The van der Waals surface area contributed by atoms with Crippen LogP contribution >= 0.6 is 0 Å². The largest absolute Gasteiger partial charge is 1.00 e. The zero-order valence-electron chi connectivity index (χ0n) is 51.7. The van der Waals surface area contributed by atoms with Crippen LogP contribution in [0.25, 0.3) is 22.5 Å². The Bertz CT molecular complexity index is 3460. The molecule has 466 valence electrons. The average molecular weight is 1230 g/mol. The third-order valence-corrected chi connectivity index (χ3v) is 17.7. The van der Waals surface area contributed by atoms with Gasteiger partial charge in [0.1, 0.15) is 11.6 Å². The Morgan fingerprint density at radius 3 is 1.40 bits per heavy atom. The SMILES string of the molecule is CC1CCCO1.CCOc1nc(-c2ccc(F)cc2)c(C2CC2)cc1CN1CCC(N2CCc3ncc(C(=O)O)cc3C2=O)CC1.CCOc1nc(-c2ccc(F)cc2)c(C2CC2)cc1CN1CCC(N2CCc3ncc(C(=O)OC)cc3C2=O)CC1.[Na+].[OH-]. The van der Waals surface area contributed by atoms with Gasteiger partial charge in [-0.2, -0.15) is 0 Å². The number of carboxylic acid groups (broad SMARTS) is 1. The Morgan fingerprint density at radius 1 is 0.618 bits per heavy atom. The van der Waals surface area contributed by atoms with E-state index in [0.29, 0.717) is 97.8 Å². The molecule has 18 nitrogen and oxygen atoms in total. The maximum absolute atomic E-state index is 13.6. The molecule has 89 heavy (non-hydrogen) atoms. The maximum atomic E-state index is 13.6. The summed E-state index contributed by atoms with van der Waals surface area (Å²) in [6, 6.07) is 20.8. The number of piperidine rings is 2. The molecule has 0 spiro atoms. The molecule has 2 amide bonds. The molecule has 13 rings (SSSR count). The molecule has 5 aliphatic heterocycles. The van der Waals surface area contributed by atoms with Crippen LogP contribution in [0, 0.1) is 11.6 Å². The summed E-state index contributed by atoms with van der Waals surface area (Å²) < 4.78 is 49.2. The minimum Gasteiger partial charge on any atom is -0.870 e. The van der Waals surface area contributed by atoms with Crippen LogP contribution in [0.4, 0.5) is 8.78 Å². The Balaban J connectivity index is 0.000000189. The van der Waals surface area contributed by atoms with Gasteiger partial charge < -0.3 is 39.3 Å². The number of likely N-dealkylation sites (tertiary alicyclic amines) is 2. The first kappa shape index (κ1) is 66.6. The van der Waals surface area contributed by atoms with E-state index in [0.717, 1.165) is 130 Å². The Kier molecular flexibility index (Phi) is 22.7. The summed E-state index contributed by atoms with van der Waals surface area (Å²) in [6.07, 6.45) is 15.1. The number of methoxy groups -OCH3 is 1. The molecule has 5 fully saturated rings. The number of aromatic carboxylic acids is 1. The van der Waals surface area contributed by atoms with Crippen molar-refractivity contribution < 1.29 is 87.0 Å². The van der Waals surface area contributed by atoms with E-state index in [1.165, 1.54) is 73.8 Å². The number of amides is 2. The van der Waals surface area contributed by atoms with Gasteiger partial charge in [-0.1, -0.05) is 0 Å². The van der Waals surface area contributed by atoms with Gasteiger partial charge in [-0.05, 0) is 181 Å². The number of hydrogen-bond acceptors (Lipinski definition) is 15. The van der Waals surface area contributed by atoms with Gasteiger partial charge in [0, 0.05) is 119 Å². The molecule has 2 saturated carbocycles. The molecule has 2 N–H and O–H groups in total. The minimum absolute atomic E-state index is 0. The summed E-state index contributed by atoms with van der Waals surface area (Å²) in [6.45, 7) is 14.1. The number of nitrogens with zero attached hydrogens (tertiary/aromatic N) is 8. The summed E-state index contributed by atoms with van der Waals surface area (Å²) in [5, 5.41) is 9.33. The van der Waals surface area contributed by atoms with Gasteiger partial charge in [-0.15, -0.1) is 0 Å². The van der Waals surface area contributed by atoms with E-state index in [4.69, 9.17) is 28.9 Å². The predicted octanol–water partition coefficient (Wildman–Crippen LogP) is 7.94. The number of fused-ring (bicyclic) bond motifs is 2. The molecule has 0 radical (unpaired) electrons. The first-order chi connectivity index (χ1) is 42.2. The number of rotatable bonds is 16. The van der Waals surface area contributed by atoms with Gasteiger partial charge in [0.15, 0.2) is 0 Å². The number of carboxylic acids is 1. The molecule has 7 aliphatic rings. The average Bonchev–Trinajstić information content (AvgIpc) is 2.08. The number of pyridine rings is 4. The molecule has 2 aliphatic carbocycles. The molecule has 2 aromatic carbocycles. The summed E-state index contributed by atoms with van der Waals surface area (Å²) >= 11 is 0. The van der Waals surface area contributed by atoms with Crippen molar-refractivity contribution >= 4 is 23.8 Å². The monoisotopic (exact) mass is 1230 g/mol. The summed E-state index contributed by atoms with van der Waals surface area (Å²) in [4.78, 5) is 77.3. The number of aromatic nitrogens is 4. The zero-order chi connectivity index (χ0) is 60.7. The van der Waals surface area contributed by atoms with Crippen molar-refractivity contribution in [3.8, 4) is 34.3 Å². The van der Waals surface area contributed by atoms with Gasteiger partial charge in [-0.25, -0.2) is 28.3 Å². The number of benzene rings is 2. The Labute approximate surface area is 541 Å². The first-order valence-corrected chi connectivity index (χ1v) is 31.1. The number of esters is 1. The van der Waals surface area contributed by atoms with Gasteiger partial charge in [0.05, 0.1) is 71.5 Å². The molecule has 6 aromatic rings. The van der Waals surface area contributed by atoms with Crippen LogP contribution in [0.3, 0.4) is 0 Å². The topological polar surface area (TPSA) is 220 Å². The van der Waals surface area contributed by atoms with Crippen molar-refractivity contribution in [2.75, 3.05) is 66.2 Å². The molecule has 4 aromatic heterocycles. The Hall–Kier alpha value is -6.78. The summed E-state index contributed by atoms with van der Waals surface area (Å²) in [5.41, 5.74) is 10.8. The molecular weight excluding hydrogens is 1150 g/mol. The fraction of sp³-hybridized carbons (Fsp3) is 0.471. The van der Waals surface area contributed by atoms with Crippen molar-refractivity contribution in [2.45, 2.75) is 141 Å². The predicted molar refractivity (Wildman–Crippen MR) is 325 cm³/mol. The first-order valence-electron chi connectivity index (χ1n) is 31.1. The number of hydrogen-bond donors (Lipinski definition) is 1. The second-order valence-electron chi connectivity index (χ2n) is 23.8. The van der Waals surface area contributed by atoms with Crippen molar-refractivity contribution in [1.29, 1.82) is 0 Å². The van der Waals surface area contributed by atoms with Crippen LogP contribution in [0.1, 0.15) is 172 Å². The molecular formula is C68H79F2N8NaO10. The maximum Gasteiger partial charge on any atom is 1.00 e. The van der Waals surface area contributed by atoms with Crippen LogP contribution < -0.4 is 39.0 Å². The van der Waals surface area contributed by atoms with Crippen molar-refractivity contribution in [2.24, 2.45) is 0 Å². The van der Waals surface area contributed by atoms with Crippen molar-refractivity contribution in [3.05, 3.63) is 153 Å². The fourth-order valence-corrected chi connectivity index (χ4v) is 12.7. The number of carbonyl (C=O) groups excluding carboxylic acids is 3. The summed E-state index contributed by atoms with van der Waals surface area (Å²) in [7, 11) is 1.32. The fourth-order valence-electron chi connectivity index (χ4n) is 12.7. The molecule has 21 heteroatoms. The van der Waals surface area contributed by atoms with Crippen LogP contribution in [0.2, 0.25) is 0 Å². The molecule has 9 heterocycles. The number of ether oxygens (including phenoxy) is 4. The molecule has 0 bridgehead atoms. The van der Waals surface area contributed by atoms with E-state index < -0.39 is 11.9 Å². The normalized spacial score (nSPS) is 18.7. The second kappa shape index (κ2) is 30.4. The third-order valence-electron chi connectivity index (χ3n) is 17.7. The van der Waals surface area contributed by atoms with Crippen LogP contribution in [0.5, 0.6) is 11.8 Å². The standard InChI is InChI=1S/C32H35FN4O4.C31H33FN4O4.C5H10O.Na.H2O/c1-3-41-30-23(17-26(20-4-5-20)29(35-30)21-6-8-24(33)9-7-21)19-36-13-10-25(11-14-36)37-15-12-28-27(31(37)38)16-22(18-34-28)32(39)40-2;1-2-40-29-22(16-25(19-3-4-19)28(34-29)20-5-7-23(32)8-6-20)18-35-12-9-24(10-13-35)36-14-11-27-26(30(36)37)15-21(17-33-27)31(38)39;1-5-3-2-4-6-5;;/h6-9,16-18,20,25H,3-5,10-15,19H2,1-2H3;5-8,15-17,19,24H,2-4,9-14,18H2,1H3,(H,38,39);5H,2-4H2,1H3;;1H2/q;;;+1;/p-1. The van der Waals surface area contributed by atoms with E-state index >= 15 is 0 Å².